The van der Waals surface area contributed by atoms with Crippen LogP contribution in [-0.4, -0.2) is 61.5 Å². The van der Waals surface area contributed by atoms with Gasteiger partial charge in [-0.15, -0.1) is 0 Å². The fourth-order valence-corrected chi connectivity index (χ4v) is 6.00. The number of carbonyl (C=O) groups excluding carboxylic acids is 1. The third-order valence-electron chi connectivity index (χ3n) is 6.65. The number of ether oxygens (including phenoxy) is 1. The number of nitrogens with one attached hydrogen (secondary N) is 2. The topological polar surface area (TPSA) is 104 Å². The summed E-state index contributed by atoms with van der Waals surface area (Å²) in [5, 5.41) is 0. The summed E-state index contributed by atoms with van der Waals surface area (Å²) >= 11 is 0. The number of sulfonamides is 1. The van der Waals surface area contributed by atoms with Crippen LogP contribution in [-0.2, 0) is 19.6 Å². The van der Waals surface area contributed by atoms with Crippen LogP contribution in [0, 0.1) is 5.92 Å². The quantitative estimate of drug-likeness (QED) is 0.465. The van der Waals surface area contributed by atoms with E-state index in [9.17, 15) is 13.2 Å². The average Bonchev–Trinajstić information content (AvgIpc) is 3.28. The van der Waals surface area contributed by atoms with Gasteiger partial charge in [-0.1, -0.05) is 30.3 Å². The molecule has 0 unspecified atom stereocenters. The molecule has 0 spiro atoms. The van der Waals surface area contributed by atoms with Gasteiger partial charge in [0, 0.05) is 37.2 Å². The highest BCUT2D eigenvalue weighted by Gasteiger charge is 2.32. The zero-order valence-corrected chi connectivity index (χ0v) is 21.3. The molecular formula is C26H34N4O4S. The van der Waals surface area contributed by atoms with Gasteiger partial charge in [0.15, 0.2) is 0 Å². The number of aromatic amines is 1. The van der Waals surface area contributed by atoms with Crippen molar-refractivity contribution in [3.63, 3.8) is 0 Å². The Morgan fingerprint density at radius 3 is 2.51 bits per heavy atom. The van der Waals surface area contributed by atoms with Crippen LogP contribution in [0.25, 0.3) is 22.4 Å². The molecule has 0 saturated heterocycles. The van der Waals surface area contributed by atoms with Crippen molar-refractivity contribution >= 4 is 27.0 Å². The third kappa shape index (κ3) is 5.91. The lowest BCUT2D eigenvalue weighted by atomic mass is 9.85. The standard InChI is InChI=1S/C26H34N4O4S/c1-18(2)30(15-16-34-3)26(31)20-9-11-21(12-10-20)29-35(32,33)22-13-14-23-24(17-22)28-25(27-23)19-7-5-4-6-8-19/h4-8,13-14,17-18,20-21,29H,9-12,15-16H2,1-3H3,(H,27,28). The number of rotatable bonds is 9. The summed E-state index contributed by atoms with van der Waals surface area (Å²) in [4.78, 5) is 22.9. The minimum absolute atomic E-state index is 0.0770. The minimum Gasteiger partial charge on any atom is -0.383 e. The number of imidazole rings is 1. The first-order chi connectivity index (χ1) is 16.8. The first kappa shape index (κ1) is 25.3. The number of aromatic nitrogens is 2. The molecule has 1 fully saturated rings. The van der Waals surface area contributed by atoms with Crippen LogP contribution >= 0.6 is 0 Å². The summed E-state index contributed by atoms with van der Waals surface area (Å²) < 4.78 is 34.2. The summed E-state index contributed by atoms with van der Waals surface area (Å²) in [6.07, 6.45) is 2.60. The summed E-state index contributed by atoms with van der Waals surface area (Å²) in [5.41, 5.74) is 2.33. The van der Waals surface area contributed by atoms with Gasteiger partial charge >= 0.3 is 0 Å². The first-order valence-electron chi connectivity index (χ1n) is 12.2. The lowest BCUT2D eigenvalue weighted by Gasteiger charge is -2.34. The highest BCUT2D eigenvalue weighted by atomic mass is 32.2. The molecule has 1 saturated carbocycles. The van der Waals surface area contributed by atoms with Crippen LogP contribution in [0.3, 0.4) is 0 Å². The Labute approximate surface area is 207 Å². The Kier molecular flexibility index (Phi) is 7.88. The van der Waals surface area contributed by atoms with E-state index in [1.807, 2.05) is 49.1 Å². The highest BCUT2D eigenvalue weighted by Crippen LogP contribution is 2.28. The molecule has 1 amide bonds. The molecule has 35 heavy (non-hydrogen) atoms. The van der Waals surface area contributed by atoms with E-state index in [4.69, 9.17) is 4.74 Å². The fraction of sp³-hybridized carbons (Fsp3) is 0.462. The molecule has 4 rings (SSSR count). The van der Waals surface area contributed by atoms with Crippen LogP contribution in [0.2, 0.25) is 0 Å². The maximum Gasteiger partial charge on any atom is 0.240 e. The summed E-state index contributed by atoms with van der Waals surface area (Å²) in [6, 6.07) is 14.6. The molecule has 2 N–H and O–H groups in total. The van der Waals surface area contributed by atoms with Crippen LogP contribution in [0.4, 0.5) is 0 Å². The molecule has 3 aromatic rings. The molecule has 1 aliphatic carbocycles. The van der Waals surface area contributed by atoms with E-state index in [-0.39, 0.29) is 28.8 Å². The maximum absolute atomic E-state index is 13.1. The molecule has 8 nitrogen and oxygen atoms in total. The number of methoxy groups -OCH3 is 1. The molecule has 1 aliphatic rings. The van der Waals surface area contributed by atoms with Crippen molar-refractivity contribution in [1.82, 2.24) is 19.6 Å². The second kappa shape index (κ2) is 10.9. The van der Waals surface area contributed by atoms with E-state index < -0.39 is 10.0 Å². The van der Waals surface area contributed by atoms with Gasteiger partial charge in [0.25, 0.3) is 0 Å². The van der Waals surface area contributed by atoms with Gasteiger partial charge in [-0.25, -0.2) is 18.1 Å². The Hall–Kier alpha value is -2.75. The van der Waals surface area contributed by atoms with Crippen molar-refractivity contribution in [3.05, 3.63) is 48.5 Å². The Morgan fingerprint density at radius 2 is 1.86 bits per heavy atom. The molecule has 188 valence electrons. The van der Waals surface area contributed by atoms with Gasteiger partial charge in [-0.05, 0) is 57.7 Å². The van der Waals surface area contributed by atoms with Crippen molar-refractivity contribution in [2.45, 2.75) is 56.5 Å². The predicted octanol–water partition coefficient (Wildman–Crippen LogP) is 3.95. The number of nitrogens with zero attached hydrogens (tertiary/aromatic N) is 2. The summed E-state index contributed by atoms with van der Waals surface area (Å²) in [7, 11) is -2.07. The van der Waals surface area contributed by atoms with Crippen LogP contribution in [0.5, 0.6) is 0 Å². The minimum atomic E-state index is -3.70. The number of hydrogen-bond acceptors (Lipinski definition) is 5. The lowest BCUT2D eigenvalue weighted by molar-refractivity contribution is -0.139. The molecule has 0 bridgehead atoms. The number of H-pyrrole nitrogens is 1. The van der Waals surface area contributed by atoms with Crippen molar-refractivity contribution < 1.29 is 17.9 Å². The highest BCUT2D eigenvalue weighted by molar-refractivity contribution is 7.89. The number of benzene rings is 2. The van der Waals surface area contributed by atoms with E-state index in [0.717, 1.165) is 11.1 Å². The molecule has 1 aromatic heterocycles. The van der Waals surface area contributed by atoms with E-state index in [1.54, 1.807) is 25.3 Å². The van der Waals surface area contributed by atoms with Crippen LogP contribution in [0.1, 0.15) is 39.5 Å². The average molecular weight is 499 g/mol. The summed E-state index contributed by atoms with van der Waals surface area (Å²) in [6.45, 7) is 5.09. The SMILES string of the molecule is COCCN(C(=O)C1CCC(NS(=O)(=O)c2ccc3[nH]c(-c4ccccc4)nc3c2)CC1)C(C)C. The van der Waals surface area contributed by atoms with E-state index in [2.05, 4.69) is 14.7 Å². The molecular weight excluding hydrogens is 464 g/mol. The zero-order chi connectivity index (χ0) is 25.0. The maximum atomic E-state index is 13.1. The molecule has 0 radical (unpaired) electrons. The lowest BCUT2D eigenvalue weighted by Crippen LogP contribution is -2.45. The number of carbonyl (C=O) groups is 1. The van der Waals surface area contributed by atoms with Gasteiger partial charge in [-0.2, -0.15) is 0 Å². The molecule has 0 aliphatic heterocycles. The monoisotopic (exact) mass is 498 g/mol. The molecule has 9 heteroatoms. The van der Waals surface area contributed by atoms with Gasteiger partial charge < -0.3 is 14.6 Å². The van der Waals surface area contributed by atoms with Crippen molar-refractivity contribution in [3.8, 4) is 11.4 Å². The Bertz CT molecular complexity index is 1250. The number of hydrogen-bond donors (Lipinski definition) is 2. The second-order valence-corrected chi connectivity index (χ2v) is 11.1. The van der Waals surface area contributed by atoms with E-state index in [0.29, 0.717) is 50.2 Å². The van der Waals surface area contributed by atoms with Crippen LogP contribution < -0.4 is 4.72 Å². The largest absolute Gasteiger partial charge is 0.383 e. The Balaban J connectivity index is 1.40. The van der Waals surface area contributed by atoms with Gasteiger partial charge in [-0.3, -0.25) is 4.79 Å². The normalized spacial score (nSPS) is 18.7. The van der Waals surface area contributed by atoms with Crippen molar-refractivity contribution in [2.24, 2.45) is 5.92 Å². The molecule has 2 aromatic carbocycles. The van der Waals surface area contributed by atoms with Crippen molar-refractivity contribution in [1.29, 1.82) is 0 Å². The van der Waals surface area contributed by atoms with Gasteiger partial charge in [0.05, 0.1) is 22.5 Å². The van der Waals surface area contributed by atoms with E-state index in [1.165, 1.54) is 0 Å². The second-order valence-electron chi connectivity index (χ2n) is 9.42. The van der Waals surface area contributed by atoms with E-state index >= 15 is 0 Å². The zero-order valence-electron chi connectivity index (χ0n) is 20.5. The van der Waals surface area contributed by atoms with Gasteiger partial charge in [0.1, 0.15) is 5.82 Å². The predicted molar refractivity (Wildman–Crippen MR) is 136 cm³/mol. The van der Waals surface area contributed by atoms with Crippen LogP contribution in [0.15, 0.2) is 53.4 Å². The Morgan fingerprint density at radius 1 is 1.14 bits per heavy atom. The van der Waals surface area contributed by atoms with Gasteiger partial charge in [0.2, 0.25) is 15.9 Å². The van der Waals surface area contributed by atoms with Crippen molar-refractivity contribution in [2.75, 3.05) is 20.3 Å². The fourth-order valence-electron chi connectivity index (χ4n) is 4.68. The third-order valence-corrected chi connectivity index (χ3v) is 8.17. The number of fused-ring (bicyclic) bond motifs is 1. The summed E-state index contributed by atoms with van der Waals surface area (Å²) in [5.74, 6) is 0.760. The molecule has 0 atom stereocenters. The first-order valence-corrected chi connectivity index (χ1v) is 13.6. The molecule has 1 heterocycles. The number of amides is 1. The smallest absolute Gasteiger partial charge is 0.240 e.